The summed E-state index contributed by atoms with van der Waals surface area (Å²) in [5.74, 6) is -1.17. The van der Waals surface area contributed by atoms with E-state index in [9.17, 15) is 0 Å². The van der Waals surface area contributed by atoms with Gasteiger partial charge < -0.3 is 9.47 Å². The molecule has 74 valence electrons. The van der Waals surface area contributed by atoms with Gasteiger partial charge in [0.05, 0.1) is 0 Å². The Kier molecular flexibility index (Phi) is 5.19. The topological polar surface area (TPSA) is 18.5 Å². The van der Waals surface area contributed by atoms with Crippen molar-refractivity contribution < 1.29 is 9.47 Å². The number of hydrogen-bond donors (Lipinski definition) is 0. The number of hydrogen-bond acceptors (Lipinski definition) is 2. The molecule has 2 nitrogen and oxygen atoms in total. The van der Waals surface area contributed by atoms with Crippen molar-refractivity contribution in [3.63, 3.8) is 0 Å². The molecule has 0 fully saturated rings. The Bertz CT molecular complexity index is 127. The zero-order valence-electron chi connectivity index (χ0n) is 7.36. The molecule has 0 heterocycles. The molecule has 0 unspecified atom stereocenters. The largest absolute Gasteiger partial charge is 0.347 e. The molecule has 0 aliphatic heterocycles. The van der Waals surface area contributed by atoms with Crippen molar-refractivity contribution in [2.45, 2.75) is 30.4 Å². The van der Waals surface area contributed by atoms with E-state index in [2.05, 4.69) is 0 Å². The van der Waals surface area contributed by atoms with Gasteiger partial charge in [0.25, 0.3) is 0 Å². The second kappa shape index (κ2) is 4.87. The molecule has 0 aliphatic rings. The highest BCUT2D eigenvalue weighted by atomic mass is 35.6. The summed E-state index contributed by atoms with van der Waals surface area (Å²) in [6, 6.07) is 0. The van der Waals surface area contributed by atoms with Crippen LogP contribution in [0.15, 0.2) is 0 Å². The summed E-state index contributed by atoms with van der Waals surface area (Å²) < 4.78 is 8.86. The first-order valence-electron chi connectivity index (χ1n) is 3.72. The van der Waals surface area contributed by atoms with Gasteiger partial charge in [0.15, 0.2) is 0 Å². The molecule has 0 aromatic rings. The summed E-state index contributed by atoms with van der Waals surface area (Å²) in [7, 11) is 0. The molecule has 0 radical (unpaired) electrons. The fourth-order valence-electron chi connectivity index (χ4n) is 0.756. The Morgan fingerprint density at radius 3 is 1.50 bits per heavy atom. The fraction of sp³-hybridized carbons (Fsp3) is 1.00. The number of alkyl halides is 3. The summed E-state index contributed by atoms with van der Waals surface area (Å²) in [5.41, 5.74) is 0. The molecule has 5 heteroatoms. The van der Waals surface area contributed by atoms with Crippen LogP contribution in [0.1, 0.15) is 20.8 Å². The Labute approximate surface area is 88.1 Å². The first-order valence-corrected chi connectivity index (χ1v) is 4.85. The lowest BCUT2D eigenvalue weighted by Crippen LogP contribution is -2.45. The number of ether oxygens (including phenoxy) is 2. The van der Waals surface area contributed by atoms with Crippen LogP contribution in [0.2, 0.25) is 0 Å². The molecule has 0 aliphatic carbocycles. The van der Waals surface area contributed by atoms with Crippen molar-refractivity contribution in [2.24, 2.45) is 0 Å². The van der Waals surface area contributed by atoms with Crippen LogP contribution in [0.25, 0.3) is 0 Å². The second-order valence-electron chi connectivity index (χ2n) is 2.31. The molecule has 0 aromatic carbocycles. The summed E-state index contributed by atoms with van der Waals surface area (Å²) >= 11 is 17.0. The zero-order valence-corrected chi connectivity index (χ0v) is 9.63. The van der Waals surface area contributed by atoms with Crippen molar-refractivity contribution in [3.8, 4) is 0 Å². The SMILES string of the molecule is CCOC(C)(OCC)C(Cl)(Cl)Cl. The standard InChI is InChI=1S/C7H13Cl3O2/c1-4-11-6(3,12-5-2)7(8,9)10/h4-5H2,1-3H3. The van der Waals surface area contributed by atoms with E-state index in [0.29, 0.717) is 13.2 Å². The third-order valence-electron chi connectivity index (χ3n) is 1.35. The van der Waals surface area contributed by atoms with E-state index in [0.717, 1.165) is 0 Å². The third kappa shape index (κ3) is 3.27. The van der Waals surface area contributed by atoms with Crippen molar-refractivity contribution >= 4 is 34.8 Å². The smallest absolute Gasteiger partial charge is 0.243 e. The molecule has 0 aromatic heterocycles. The molecule has 0 N–H and O–H groups in total. The van der Waals surface area contributed by atoms with Gasteiger partial charge in [0, 0.05) is 13.2 Å². The molecule has 0 bridgehead atoms. The van der Waals surface area contributed by atoms with Crippen LogP contribution in [0, 0.1) is 0 Å². The van der Waals surface area contributed by atoms with Gasteiger partial charge in [-0.3, -0.25) is 0 Å². The van der Waals surface area contributed by atoms with Gasteiger partial charge in [-0.25, -0.2) is 0 Å². The van der Waals surface area contributed by atoms with Crippen LogP contribution >= 0.6 is 34.8 Å². The normalized spacial score (nSPS) is 13.5. The highest BCUT2D eigenvalue weighted by Crippen LogP contribution is 2.41. The summed E-state index contributed by atoms with van der Waals surface area (Å²) in [4.78, 5) is 0. The van der Waals surface area contributed by atoms with Crippen LogP contribution in [0.5, 0.6) is 0 Å². The number of rotatable bonds is 4. The van der Waals surface area contributed by atoms with Crippen molar-refractivity contribution in [1.82, 2.24) is 0 Å². The van der Waals surface area contributed by atoms with Crippen molar-refractivity contribution in [2.75, 3.05) is 13.2 Å². The molecule has 0 amide bonds. The van der Waals surface area contributed by atoms with Gasteiger partial charge in [-0.15, -0.1) is 0 Å². The molecule has 0 saturated heterocycles. The van der Waals surface area contributed by atoms with E-state index in [1.807, 2.05) is 13.8 Å². The fourth-order valence-corrected chi connectivity index (χ4v) is 1.08. The molecular formula is C7H13Cl3O2. The monoisotopic (exact) mass is 234 g/mol. The van der Waals surface area contributed by atoms with Gasteiger partial charge in [-0.1, -0.05) is 34.8 Å². The van der Waals surface area contributed by atoms with E-state index in [-0.39, 0.29) is 0 Å². The predicted octanol–water partition coefficient (Wildman–Crippen LogP) is 3.15. The van der Waals surface area contributed by atoms with Gasteiger partial charge in [0.2, 0.25) is 9.58 Å². The highest BCUT2D eigenvalue weighted by molar-refractivity contribution is 6.68. The Hall–Kier alpha value is 0.790. The average Bonchev–Trinajstić information content (AvgIpc) is 1.86. The van der Waals surface area contributed by atoms with E-state index >= 15 is 0 Å². The summed E-state index contributed by atoms with van der Waals surface area (Å²) in [6.07, 6.45) is 0. The first-order chi connectivity index (χ1) is 5.37. The van der Waals surface area contributed by atoms with Crippen LogP contribution in [-0.4, -0.2) is 22.8 Å². The quantitative estimate of drug-likeness (QED) is 0.550. The van der Waals surface area contributed by atoms with Gasteiger partial charge >= 0.3 is 0 Å². The average molecular weight is 236 g/mol. The summed E-state index contributed by atoms with van der Waals surface area (Å²) in [6.45, 7) is 6.10. The minimum Gasteiger partial charge on any atom is -0.347 e. The minimum atomic E-state index is -1.57. The number of halogens is 3. The van der Waals surface area contributed by atoms with E-state index in [4.69, 9.17) is 44.3 Å². The molecule has 0 saturated carbocycles. The third-order valence-corrected chi connectivity index (χ3v) is 2.38. The minimum absolute atomic E-state index is 0.435. The summed E-state index contributed by atoms with van der Waals surface area (Å²) in [5, 5.41) is 0. The Balaban J connectivity index is 4.38. The van der Waals surface area contributed by atoms with Crippen LogP contribution in [0.3, 0.4) is 0 Å². The lowest BCUT2D eigenvalue weighted by Gasteiger charge is -2.34. The molecule has 0 rings (SSSR count). The van der Waals surface area contributed by atoms with Crippen molar-refractivity contribution in [1.29, 1.82) is 0 Å². The maximum absolute atomic E-state index is 5.68. The molecule has 0 atom stereocenters. The maximum atomic E-state index is 5.68. The Morgan fingerprint density at radius 1 is 1.00 bits per heavy atom. The first kappa shape index (κ1) is 12.8. The molecular weight excluding hydrogens is 222 g/mol. The zero-order chi connectivity index (χ0) is 9.83. The van der Waals surface area contributed by atoms with Gasteiger partial charge in [0.1, 0.15) is 0 Å². The second-order valence-corrected chi connectivity index (χ2v) is 4.59. The van der Waals surface area contributed by atoms with Crippen LogP contribution < -0.4 is 0 Å². The van der Waals surface area contributed by atoms with Crippen molar-refractivity contribution in [3.05, 3.63) is 0 Å². The lowest BCUT2D eigenvalue weighted by atomic mass is 10.3. The molecule has 0 spiro atoms. The maximum Gasteiger partial charge on any atom is 0.243 e. The van der Waals surface area contributed by atoms with Crippen LogP contribution in [-0.2, 0) is 9.47 Å². The van der Waals surface area contributed by atoms with E-state index < -0.39 is 9.58 Å². The Morgan fingerprint density at radius 2 is 1.33 bits per heavy atom. The van der Waals surface area contributed by atoms with E-state index in [1.54, 1.807) is 6.92 Å². The highest BCUT2D eigenvalue weighted by Gasteiger charge is 2.46. The predicted molar refractivity (Wildman–Crippen MR) is 51.9 cm³/mol. The van der Waals surface area contributed by atoms with Gasteiger partial charge in [-0.2, -0.15) is 0 Å². The van der Waals surface area contributed by atoms with Crippen LogP contribution in [0.4, 0.5) is 0 Å². The molecule has 12 heavy (non-hydrogen) atoms. The van der Waals surface area contributed by atoms with Gasteiger partial charge in [-0.05, 0) is 20.8 Å². The van der Waals surface area contributed by atoms with E-state index in [1.165, 1.54) is 0 Å². The lowest BCUT2D eigenvalue weighted by molar-refractivity contribution is -0.217.